The van der Waals surface area contributed by atoms with Crippen molar-refractivity contribution in [3.8, 4) is 0 Å². The first-order valence-electron chi connectivity index (χ1n) is 8.39. The molecule has 0 bridgehead atoms. The van der Waals surface area contributed by atoms with Gasteiger partial charge in [0.2, 0.25) is 5.78 Å². The van der Waals surface area contributed by atoms with E-state index in [4.69, 9.17) is 5.73 Å². The van der Waals surface area contributed by atoms with Gasteiger partial charge in [0, 0.05) is 16.7 Å². The summed E-state index contributed by atoms with van der Waals surface area (Å²) in [5.41, 5.74) is 8.79. The van der Waals surface area contributed by atoms with Crippen molar-refractivity contribution in [3.05, 3.63) is 82.6 Å². The summed E-state index contributed by atoms with van der Waals surface area (Å²) in [4.78, 5) is 24.9. The van der Waals surface area contributed by atoms with E-state index in [2.05, 4.69) is 12.1 Å². The lowest BCUT2D eigenvalue weighted by Gasteiger charge is -2.18. The lowest BCUT2D eigenvalue weighted by molar-refractivity contribution is 0.0970. The summed E-state index contributed by atoms with van der Waals surface area (Å²) in [5.74, 6) is -0.310. The van der Waals surface area contributed by atoms with E-state index in [1.54, 1.807) is 24.3 Å². The highest BCUT2D eigenvalue weighted by Crippen LogP contribution is 2.27. The second-order valence-corrected chi connectivity index (χ2v) is 6.14. The van der Waals surface area contributed by atoms with E-state index >= 15 is 0 Å². The molecule has 0 spiro atoms. The molecule has 0 fully saturated rings. The van der Waals surface area contributed by atoms with Gasteiger partial charge in [-0.1, -0.05) is 61.0 Å². The maximum absolute atomic E-state index is 12.6. The lowest BCUT2D eigenvalue weighted by Crippen LogP contribution is -2.26. The normalized spacial score (nSPS) is 14.0. The van der Waals surface area contributed by atoms with E-state index in [9.17, 15) is 9.59 Å². The predicted molar refractivity (Wildman–Crippen MR) is 94.9 cm³/mol. The van der Waals surface area contributed by atoms with Gasteiger partial charge in [-0.2, -0.15) is 0 Å². The zero-order valence-electron chi connectivity index (χ0n) is 13.6. The standard InChI is InChI=1S/C21H21NO2/c22-19-18(14-6-2-5-11-15-9-3-1-4-10-15)20(23)16-12-7-8-13-17(16)21(19)24/h1,3-4,7-10,12-13H,2,5-6,11,14,22H2. The van der Waals surface area contributed by atoms with Crippen LogP contribution in [0.15, 0.2) is 65.9 Å². The van der Waals surface area contributed by atoms with E-state index in [0.29, 0.717) is 23.1 Å². The highest BCUT2D eigenvalue weighted by atomic mass is 16.1. The topological polar surface area (TPSA) is 60.2 Å². The van der Waals surface area contributed by atoms with Crippen LogP contribution in [0.5, 0.6) is 0 Å². The van der Waals surface area contributed by atoms with Crippen LogP contribution in [-0.4, -0.2) is 11.6 Å². The third-order valence-electron chi connectivity index (χ3n) is 4.50. The van der Waals surface area contributed by atoms with Crippen LogP contribution in [0.1, 0.15) is 52.0 Å². The molecule has 2 aromatic rings. The van der Waals surface area contributed by atoms with Crippen molar-refractivity contribution < 1.29 is 9.59 Å². The maximum Gasteiger partial charge on any atom is 0.209 e. The minimum atomic E-state index is -0.218. The monoisotopic (exact) mass is 319 g/mol. The lowest BCUT2D eigenvalue weighted by atomic mass is 9.85. The summed E-state index contributed by atoms with van der Waals surface area (Å²) in [6.07, 6.45) is 4.54. The number of allylic oxidation sites excluding steroid dienone is 2. The average molecular weight is 319 g/mol. The second-order valence-electron chi connectivity index (χ2n) is 6.14. The number of ketones is 2. The van der Waals surface area contributed by atoms with E-state index < -0.39 is 0 Å². The van der Waals surface area contributed by atoms with Gasteiger partial charge in [-0.05, 0) is 31.2 Å². The SMILES string of the molecule is NC1=C(CCCCCc2ccccc2)C(=O)c2ccccc2C1=O. The molecule has 3 nitrogen and oxygen atoms in total. The van der Waals surface area contributed by atoms with Crippen molar-refractivity contribution in [2.75, 3.05) is 0 Å². The molecular weight excluding hydrogens is 298 g/mol. The van der Waals surface area contributed by atoms with Crippen molar-refractivity contribution >= 4 is 11.6 Å². The van der Waals surface area contributed by atoms with Gasteiger partial charge in [0.25, 0.3) is 0 Å². The van der Waals surface area contributed by atoms with Crippen LogP contribution >= 0.6 is 0 Å². The Morgan fingerprint density at radius 1 is 0.667 bits per heavy atom. The first-order chi connectivity index (χ1) is 11.7. The first kappa shape index (κ1) is 16.2. The molecule has 0 radical (unpaired) electrons. The zero-order chi connectivity index (χ0) is 16.9. The Labute approximate surface area is 142 Å². The van der Waals surface area contributed by atoms with Gasteiger partial charge in [0.05, 0.1) is 5.70 Å². The van der Waals surface area contributed by atoms with Crippen molar-refractivity contribution in [1.29, 1.82) is 0 Å². The summed E-state index contributed by atoms with van der Waals surface area (Å²) in [5, 5.41) is 0. The van der Waals surface area contributed by atoms with Gasteiger partial charge >= 0.3 is 0 Å². The Kier molecular flexibility index (Phi) is 4.90. The Balaban J connectivity index is 1.58. The Hall–Kier alpha value is -2.68. The van der Waals surface area contributed by atoms with Crippen molar-refractivity contribution in [1.82, 2.24) is 0 Å². The predicted octanol–water partition coefficient (Wildman–Crippen LogP) is 4.08. The van der Waals surface area contributed by atoms with Crippen molar-refractivity contribution in [2.24, 2.45) is 5.73 Å². The molecule has 0 atom stereocenters. The molecule has 3 heteroatoms. The van der Waals surface area contributed by atoms with Gasteiger partial charge in [0.1, 0.15) is 0 Å². The molecule has 2 N–H and O–H groups in total. The summed E-state index contributed by atoms with van der Waals surface area (Å²) in [6.45, 7) is 0. The maximum atomic E-state index is 12.6. The number of fused-ring (bicyclic) bond motifs is 1. The van der Waals surface area contributed by atoms with E-state index in [0.717, 1.165) is 25.7 Å². The zero-order valence-corrected chi connectivity index (χ0v) is 13.6. The van der Waals surface area contributed by atoms with E-state index in [1.165, 1.54) is 5.56 Å². The molecule has 0 aliphatic heterocycles. The van der Waals surface area contributed by atoms with Crippen LogP contribution in [0.4, 0.5) is 0 Å². The number of carbonyl (C=O) groups excluding carboxylic acids is 2. The van der Waals surface area contributed by atoms with Crippen LogP contribution in [-0.2, 0) is 6.42 Å². The Bertz CT molecular complexity index is 790. The molecule has 1 aliphatic carbocycles. The number of carbonyl (C=O) groups is 2. The fourth-order valence-electron chi connectivity index (χ4n) is 3.15. The fourth-order valence-corrected chi connectivity index (χ4v) is 3.15. The summed E-state index contributed by atoms with van der Waals surface area (Å²) >= 11 is 0. The minimum Gasteiger partial charge on any atom is -0.395 e. The molecule has 0 amide bonds. The first-order valence-corrected chi connectivity index (χ1v) is 8.39. The molecular formula is C21H21NO2. The number of unbranched alkanes of at least 4 members (excludes halogenated alkanes) is 2. The molecule has 3 rings (SSSR count). The van der Waals surface area contributed by atoms with Gasteiger partial charge < -0.3 is 5.73 Å². The van der Waals surface area contributed by atoms with Gasteiger partial charge in [-0.25, -0.2) is 0 Å². The number of hydrogen-bond acceptors (Lipinski definition) is 3. The molecule has 0 heterocycles. The highest BCUT2D eigenvalue weighted by molar-refractivity contribution is 6.26. The number of nitrogens with two attached hydrogens (primary N) is 1. The second kappa shape index (κ2) is 7.26. The summed E-state index contributed by atoms with van der Waals surface area (Å²) in [6, 6.07) is 17.3. The highest BCUT2D eigenvalue weighted by Gasteiger charge is 2.29. The number of rotatable bonds is 6. The smallest absolute Gasteiger partial charge is 0.209 e. The van der Waals surface area contributed by atoms with Crippen LogP contribution in [0.3, 0.4) is 0 Å². The van der Waals surface area contributed by atoms with Crippen LogP contribution in [0.2, 0.25) is 0 Å². The summed E-state index contributed by atoms with van der Waals surface area (Å²) < 4.78 is 0. The van der Waals surface area contributed by atoms with Gasteiger partial charge in [-0.3, -0.25) is 9.59 Å². The van der Waals surface area contributed by atoms with Crippen molar-refractivity contribution in [2.45, 2.75) is 32.1 Å². The van der Waals surface area contributed by atoms with Crippen LogP contribution in [0, 0.1) is 0 Å². The average Bonchev–Trinajstić information content (AvgIpc) is 2.63. The molecule has 0 saturated heterocycles. The Morgan fingerprint density at radius 2 is 1.25 bits per heavy atom. The molecule has 122 valence electrons. The van der Waals surface area contributed by atoms with Crippen LogP contribution < -0.4 is 5.73 Å². The molecule has 1 aliphatic rings. The van der Waals surface area contributed by atoms with Gasteiger partial charge in [-0.15, -0.1) is 0 Å². The minimum absolute atomic E-state index is 0.0919. The molecule has 0 aromatic heterocycles. The number of aryl methyl sites for hydroxylation is 1. The van der Waals surface area contributed by atoms with Gasteiger partial charge in [0.15, 0.2) is 5.78 Å². The van der Waals surface area contributed by atoms with Crippen LogP contribution in [0.25, 0.3) is 0 Å². The number of benzene rings is 2. The number of Topliss-reactive ketones (excluding diaryl/α,β-unsaturated/α-hetero) is 2. The third kappa shape index (κ3) is 3.30. The quantitative estimate of drug-likeness (QED) is 0.816. The molecule has 24 heavy (non-hydrogen) atoms. The Morgan fingerprint density at radius 3 is 1.96 bits per heavy atom. The fraction of sp³-hybridized carbons (Fsp3) is 0.238. The summed E-state index contributed by atoms with van der Waals surface area (Å²) in [7, 11) is 0. The molecule has 2 aromatic carbocycles. The largest absolute Gasteiger partial charge is 0.395 e. The molecule has 0 unspecified atom stereocenters. The van der Waals surface area contributed by atoms with E-state index in [-0.39, 0.29) is 17.3 Å². The number of hydrogen-bond donors (Lipinski definition) is 1. The third-order valence-corrected chi connectivity index (χ3v) is 4.50. The van der Waals surface area contributed by atoms with Crippen molar-refractivity contribution in [3.63, 3.8) is 0 Å². The molecule has 0 saturated carbocycles. The van der Waals surface area contributed by atoms with E-state index in [1.807, 2.05) is 18.2 Å².